The van der Waals surface area contributed by atoms with E-state index < -0.39 is 11.6 Å². The van der Waals surface area contributed by atoms with Crippen LogP contribution >= 0.6 is 0 Å². The van der Waals surface area contributed by atoms with E-state index in [1.807, 2.05) is 6.07 Å². The van der Waals surface area contributed by atoms with E-state index >= 15 is 0 Å². The number of nitriles is 1. The van der Waals surface area contributed by atoms with Crippen LogP contribution in [0.15, 0.2) is 54.1 Å². The number of para-hydroxylation sites is 1. The van der Waals surface area contributed by atoms with Crippen molar-refractivity contribution in [3.05, 3.63) is 82.4 Å². The third kappa shape index (κ3) is 3.83. The number of carbonyl (C=O) groups is 1. The van der Waals surface area contributed by atoms with Crippen molar-refractivity contribution in [2.75, 3.05) is 14.2 Å². The van der Waals surface area contributed by atoms with Gasteiger partial charge in [-0.2, -0.15) is 5.26 Å². The van der Waals surface area contributed by atoms with E-state index in [1.165, 1.54) is 26.4 Å². The molecular weight excluding hydrogens is 383 g/mol. The number of methoxy groups -OCH3 is 2. The first-order valence-corrected chi connectivity index (χ1v) is 9.23. The van der Waals surface area contributed by atoms with Gasteiger partial charge >= 0.3 is 0 Å². The highest BCUT2D eigenvalue weighted by Gasteiger charge is 2.21. The Bertz CT molecular complexity index is 1190. The number of ether oxygens (including phenoxy) is 2. The molecule has 152 valence electrons. The number of aryl methyl sites for hydroxylation is 1. The Balaban J connectivity index is 2.09. The van der Waals surface area contributed by atoms with Crippen LogP contribution in [0.5, 0.6) is 11.5 Å². The molecule has 0 saturated carbocycles. The van der Waals surface area contributed by atoms with Crippen LogP contribution in [0.4, 0.5) is 4.39 Å². The summed E-state index contributed by atoms with van der Waals surface area (Å²) >= 11 is 0. The highest BCUT2D eigenvalue weighted by atomic mass is 19.1. The van der Waals surface area contributed by atoms with Gasteiger partial charge in [0, 0.05) is 22.5 Å². The van der Waals surface area contributed by atoms with Gasteiger partial charge in [0.25, 0.3) is 0 Å². The summed E-state index contributed by atoms with van der Waals surface area (Å²) in [6, 6.07) is 15.1. The van der Waals surface area contributed by atoms with Gasteiger partial charge in [-0.05, 0) is 56.3 Å². The average molecular weight is 404 g/mol. The van der Waals surface area contributed by atoms with E-state index in [2.05, 4.69) is 0 Å². The van der Waals surface area contributed by atoms with E-state index in [1.54, 1.807) is 60.9 Å². The first-order chi connectivity index (χ1) is 14.4. The van der Waals surface area contributed by atoms with Crippen LogP contribution in [-0.2, 0) is 0 Å². The monoisotopic (exact) mass is 404 g/mol. The molecule has 0 saturated heterocycles. The second kappa shape index (κ2) is 8.66. The Morgan fingerprint density at radius 1 is 1.10 bits per heavy atom. The Kier molecular flexibility index (Phi) is 6.03. The fourth-order valence-corrected chi connectivity index (χ4v) is 3.40. The van der Waals surface area contributed by atoms with Crippen LogP contribution in [0.3, 0.4) is 0 Å². The minimum Gasteiger partial charge on any atom is -0.497 e. The summed E-state index contributed by atoms with van der Waals surface area (Å²) in [5.41, 5.74) is 2.42. The molecular formula is C24H21FN2O3. The summed E-state index contributed by atoms with van der Waals surface area (Å²) in [5.74, 6) is 0.242. The zero-order chi connectivity index (χ0) is 21.8. The highest BCUT2D eigenvalue weighted by Crippen LogP contribution is 2.28. The van der Waals surface area contributed by atoms with Gasteiger partial charge in [-0.3, -0.25) is 4.79 Å². The summed E-state index contributed by atoms with van der Waals surface area (Å²) in [6.45, 7) is 3.52. The minimum absolute atomic E-state index is 0.0599. The number of nitrogens with zero attached hydrogens (tertiary/aromatic N) is 2. The van der Waals surface area contributed by atoms with Gasteiger partial charge in [-0.1, -0.05) is 12.1 Å². The summed E-state index contributed by atoms with van der Waals surface area (Å²) < 4.78 is 26.5. The number of rotatable bonds is 6. The molecule has 0 aliphatic heterocycles. The molecule has 1 aromatic heterocycles. The number of hydrogen-bond acceptors (Lipinski definition) is 4. The largest absolute Gasteiger partial charge is 0.497 e. The van der Waals surface area contributed by atoms with Crippen molar-refractivity contribution in [1.82, 2.24) is 4.57 Å². The third-order valence-corrected chi connectivity index (χ3v) is 4.87. The molecule has 3 aromatic rings. The second-order valence-corrected chi connectivity index (χ2v) is 6.68. The molecule has 0 unspecified atom stereocenters. The number of allylic oxidation sites excluding steroid dienone is 1. The van der Waals surface area contributed by atoms with Gasteiger partial charge in [-0.15, -0.1) is 0 Å². The molecule has 0 radical (unpaired) electrons. The Labute approximate surface area is 174 Å². The molecule has 0 spiro atoms. The van der Waals surface area contributed by atoms with E-state index in [9.17, 15) is 14.4 Å². The molecule has 0 amide bonds. The molecule has 0 aliphatic carbocycles. The van der Waals surface area contributed by atoms with Crippen molar-refractivity contribution < 1.29 is 18.7 Å². The van der Waals surface area contributed by atoms with Crippen LogP contribution < -0.4 is 9.47 Å². The predicted octanol–water partition coefficient (Wildman–Crippen LogP) is 5.04. The standard InChI is InChI=1S/C24H21FN2O3/c1-15-11-20(16(2)27(15)22-8-6-5-7-21(22)25)24(28)18(14-26)12-17-13-19(29-3)9-10-23(17)30-4/h5-13H,1-4H3/b18-12+. The van der Waals surface area contributed by atoms with Gasteiger partial charge in [0.1, 0.15) is 29.0 Å². The number of aromatic nitrogens is 1. The predicted molar refractivity (Wildman–Crippen MR) is 113 cm³/mol. The van der Waals surface area contributed by atoms with E-state index in [0.717, 1.165) is 0 Å². The Morgan fingerprint density at radius 2 is 1.83 bits per heavy atom. The lowest BCUT2D eigenvalue weighted by Gasteiger charge is -2.11. The maximum atomic E-state index is 14.3. The van der Waals surface area contributed by atoms with Gasteiger partial charge in [0.2, 0.25) is 5.78 Å². The number of benzene rings is 2. The summed E-state index contributed by atoms with van der Waals surface area (Å²) in [4.78, 5) is 13.2. The number of Topliss-reactive ketones (excluding diaryl/α,β-unsaturated/α-hetero) is 1. The summed E-state index contributed by atoms with van der Waals surface area (Å²) in [5, 5.41) is 9.66. The molecule has 3 rings (SSSR count). The molecule has 1 heterocycles. The normalized spacial score (nSPS) is 11.1. The van der Waals surface area contributed by atoms with Crippen LogP contribution in [0.25, 0.3) is 11.8 Å². The smallest absolute Gasteiger partial charge is 0.205 e. The first kappa shape index (κ1) is 20.9. The van der Waals surface area contributed by atoms with Crippen molar-refractivity contribution in [2.24, 2.45) is 0 Å². The van der Waals surface area contributed by atoms with Crippen LogP contribution in [0.2, 0.25) is 0 Å². The number of ketones is 1. The fraction of sp³-hybridized carbons (Fsp3) is 0.167. The number of carbonyl (C=O) groups excluding carboxylic acids is 1. The molecule has 0 fully saturated rings. The second-order valence-electron chi connectivity index (χ2n) is 6.68. The first-order valence-electron chi connectivity index (χ1n) is 9.23. The molecule has 0 N–H and O–H groups in total. The average Bonchev–Trinajstić information content (AvgIpc) is 3.05. The summed E-state index contributed by atoms with van der Waals surface area (Å²) in [7, 11) is 3.04. The van der Waals surface area contributed by atoms with E-state index in [0.29, 0.717) is 39.7 Å². The zero-order valence-corrected chi connectivity index (χ0v) is 17.2. The SMILES string of the molecule is COc1ccc(OC)c(/C=C(\C#N)C(=O)c2cc(C)n(-c3ccccc3F)c2C)c1. The van der Waals surface area contributed by atoms with Gasteiger partial charge in [-0.25, -0.2) is 4.39 Å². The van der Waals surface area contributed by atoms with Crippen LogP contribution in [-0.4, -0.2) is 24.6 Å². The molecule has 0 bridgehead atoms. The molecule has 6 heteroatoms. The third-order valence-electron chi connectivity index (χ3n) is 4.87. The van der Waals surface area contributed by atoms with E-state index in [-0.39, 0.29) is 5.57 Å². The van der Waals surface area contributed by atoms with Crippen molar-refractivity contribution in [1.29, 1.82) is 5.26 Å². The molecule has 5 nitrogen and oxygen atoms in total. The van der Waals surface area contributed by atoms with Gasteiger partial charge < -0.3 is 14.0 Å². The van der Waals surface area contributed by atoms with E-state index in [4.69, 9.17) is 9.47 Å². The maximum Gasteiger partial charge on any atom is 0.205 e. The fourth-order valence-electron chi connectivity index (χ4n) is 3.40. The highest BCUT2D eigenvalue weighted by molar-refractivity contribution is 6.15. The van der Waals surface area contributed by atoms with Crippen molar-refractivity contribution in [3.63, 3.8) is 0 Å². The zero-order valence-electron chi connectivity index (χ0n) is 17.2. The van der Waals surface area contributed by atoms with Gasteiger partial charge in [0.05, 0.1) is 19.9 Å². The lowest BCUT2D eigenvalue weighted by molar-refractivity contribution is 0.103. The molecule has 2 aromatic carbocycles. The quantitative estimate of drug-likeness (QED) is 0.328. The number of hydrogen-bond donors (Lipinski definition) is 0. The van der Waals surface area contributed by atoms with Crippen LogP contribution in [0.1, 0.15) is 27.3 Å². The van der Waals surface area contributed by atoms with Gasteiger partial charge in [0.15, 0.2) is 0 Å². The molecule has 0 aliphatic rings. The van der Waals surface area contributed by atoms with Crippen LogP contribution in [0, 0.1) is 31.0 Å². The minimum atomic E-state index is -0.446. The van der Waals surface area contributed by atoms with Crippen molar-refractivity contribution in [2.45, 2.75) is 13.8 Å². The topological polar surface area (TPSA) is 64.2 Å². The maximum absolute atomic E-state index is 14.3. The summed E-state index contributed by atoms with van der Waals surface area (Å²) in [6.07, 6.45) is 1.47. The lowest BCUT2D eigenvalue weighted by atomic mass is 10.0. The van der Waals surface area contributed by atoms with Crippen molar-refractivity contribution in [3.8, 4) is 23.3 Å². The number of halogens is 1. The molecule has 0 atom stereocenters. The Morgan fingerprint density at radius 3 is 2.47 bits per heavy atom. The van der Waals surface area contributed by atoms with Crippen molar-refractivity contribution >= 4 is 11.9 Å². The Hall–Kier alpha value is -3.85. The lowest BCUT2D eigenvalue weighted by Crippen LogP contribution is -2.06. The molecule has 30 heavy (non-hydrogen) atoms.